The highest BCUT2D eigenvalue weighted by Crippen LogP contribution is 2.26. The van der Waals surface area contributed by atoms with E-state index in [0.29, 0.717) is 6.04 Å². The number of nitrogens with zero attached hydrogens (tertiary/aromatic N) is 2. The van der Waals surface area contributed by atoms with Gasteiger partial charge in [-0.05, 0) is 32.3 Å². The van der Waals surface area contributed by atoms with E-state index in [1.807, 2.05) is 0 Å². The van der Waals surface area contributed by atoms with Crippen molar-refractivity contribution >= 4 is 5.82 Å². The molecule has 1 aromatic heterocycles. The summed E-state index contributed by atoms with van der Waals surface area (Å²) in [7, 11) is 0. The van der Waals surface area contributed by atoms with E-state index in [1.165, 1.54) is 16.7 Å². The Balaban J connectivity index is 1.83. The van der Waals surface area contributed by atoms with Gasteiger partial charge in [-0.1, -0.05) is 23.8 Å². The van der Waals surface area contributed by atoms with Gasteiger partial charge >= 0.3 is 0 Å². The first-order valence-corrected chi connectivity index (χ1v) is 7.27. The van der Waals surface area contributed by atoms with Crippen LogP contribution in [0.25, 0.3) is 11.3 Å². The number of benzene rings is 1. The number of nitrogens with one attached hydrogen (secondary N) is 1. The van der Waals surface area contributed by atoms with E-state index in [0.717, 1.165) is 37.4 Å². The van der Waals surface area contributed by atoms with Crippen molar-refractivity contribution in [3.8, 4) is 11.3 Å². The minimum Gasteiger partial charge on any atom is -0.355 e. The van der Waals surface area contributed by atoms with Crippen molar-refractivity contribution < 1.29 is 0 Å². The van der Waals surface area contributed by atoms with E-state index in [4.69, 9.17) is 5.73 Å². The maximum atomic E-state index is 5.95. The first-order valence-electron chi connectivity index (χ1n) is 7.27. The second-order valence-corrected chi connectivity index (χ2v) is 5.78. The fraction of sp³-hybridized carbons (Fsp3) is 0.438. The molecule has 1 aromatic carbocycles. The van der Waals surface area contributed by atoms with Crippen LogP contribution in [0.2, 0.25) is 0 Å². The summed E-state index contributed by atoms with van der Waals surface area (Å²) in [4.78, 5) is 2.31. The van der Waals surface area contributed by atoms with Gasteiger partial charge in [0.25, 0.3) is 0 Å². The summed E-state index contributed by atoms with van der Waals surface area (Å²) in [5, 5.41) is 7.63. The zero-order valence-electron chi connectivity index (χ0n) is 12.2. The predicted molar refractivity (Wildman–Crippen MR) is 82.9 cm³/mol. The number of rotatable bonds is 2. The van der Waals surface area contributed by atoms with Gasteiger partial charge in [0.05, 0.1) is 5.69 Å². The monoisotopic (exact) mass is 270 g/mol. The van der Waals surface area contributed by atoms with Crippen LogP contribution < -0.4 is 10.6 Å². The van der Waals surface area contributed by atoms with Gasteiger partial charge in [0.2, 0.25) is 0 Å². The molecule has 1 aliphatic heterocycles. The van der Waals surface area contributed by atoms with E-state index >= 15 is 0 Å². The third-order valence-corrected chi connectivity index (χ3v) is 4.10. The number of H-pyrrole nitrogens is 1. The number of hydrogen-bond donors (Lipinski definition) is 2. The number of aromatic nitrogens is 2. The summed E-state index contributed by atoms with van der Waals surface area (Å²) in [6, 6.07) is 9.00. The van der Waals surface area contributed by atoms with Crippen LogP contribution >= 0.6 is 0 Å². The zero-order valence-corrected chi connectivity index (χ0v) is 12.2. The van der Waals surface area contributed by atoms with Crippen molar-refractivity contribution in [2.45, 2.75) is 32.7 Å². The third-order valence-electron chi connectivity index (χ3n) is 4.10. The van der Waals surface area contributed by atoms with E-state index in [9.17, 15) is 0 Å². The maximum Gasteiger partial charge on any atom is 0.150 e. The van der Waals surface area contributed by atoms with Crippen molar-refractivity contribution in [1.29, 1.82) is 0 Å². The number of piperidine rings is 1. The quantitative estimate of drug-likeness (QED) is 0.882. The second kappa shape index (κ2) is 5.29. The molecule has 20 heavy (non-hydrogen) atoms. The maximum absolute atomic E-state index is 5.95. The molecule has 0 bridgehead atoms. The van der Waals surface area contributed by atoms with Crippen LogP contribution in [-0.2, 0) is 0 Å². The molecule has 3 N–H and O–H groups in total. The van der Waals surface area contributed by atoms with Crippen LogP contribution in [0.5, 0.6) is 0 Å². The van der Waals surface area contributed by atoms with Gasteiger partial charge in [-0.3, -0.25) is 5.10 Å². The zero-order chi connectivity index (χ0) is 14.1. The molecule has 2 aromatic rings. The summed E-state index contributed by atoms with van der Waals surface area (Å²) in [5.41, 5.74) is 10.8. The average molecular weight is 270 g/mol. The second-order valence-electron chi connectivity index (χ2n) is 5.78. The fourth-order valence-electron chi connectivity index (χ4n) is 2.86. The van der Waals surface area contributed by atoms with Crippen molar-refractivity contribution in [3.63, 3.8) is 0 Å². The Morgan fingerprint density at radius 3 is 2.65 bits per heavy atom. The summed E-state index contributed by atoms with van der Waals surface area (Å²) in [6.07, 6.45) is 2.09. The molecule has 1 aliphatic rings. The van der Waals surface area contributed by atoms with Crippen LogP contribution in [0, 0.1) is 13.8 Å². The molecule has 0 unspecified atom stereocenters. The Morgan fingerprint density at radius 1 is 1.20 bits per heavy atom. The highest BCUT2D eigenvalue weighted by atomic mass is 15.3. The van der Waals surface area contributed by atoms with Crippen molar-refractivity contribution in [3.05, 3.63) is 35.4 Å². The minimum absolute atomic E-state index is 0.351. The van der Waals surface area contributed by atoms with E-state index in [-0.39, 0.29) is 0 Å². The van der Waals surface area contributed by atoms with Crippen LogP contribution in [0.3, 0.4) is 0 Å². The van der Waals surface area contributed by atoms with Gasteiger partial charge in [-0.25, -0.2) is 0 Å². The summed E-state index contributed by atoms with van der Waals surface area (Å²) >= 11 is 0. The average Bonchev–Trinajstić information content (AvgIpc) is 2.89. The number of anilines is 1. The Bertz CT molecular complexity index is 594. The van der Waals surface area contributed by atoms with Crippen molar-refractivity contribution in [2.75, 3.05) is 18.0 Å². The number of hydrogen-bond acceptors (Lipinski definition) is 3. The highest BCUT2D eigenvalue weighted by Gasteiger charge is 2.18. The molecule has 0 amide bonds. The SMILES string of the molecule is Cc1ccc(-c2cc(N3CCC(N)CC3)n[nH]2)c(C)c1. The highest BCUT2D eigenvalue weighted by molar-refractivity contribution is 5.67. The first-order chi connectivity index (χ1) is 9.63. The standard InChI is InChI=1S/C16H22N4/c1-11-3-4-14(12(2)9-11)15-10-16(19-18-15)20-7-5-13(17)6-8-20/h3-4,9-10,13H,5-8,17H2,1-2H3,(H,18,19). The summed E-state index contributed by atoms with van der Waals surface area (Å²) in [5.74, 6) is 1.03. The molecular weight excluding hydrogens is 248 g/mol. The normalized spacial score (nSPS) is 16.6. The molecule has 0 radical (unpaired) electrons. The molecule has 4 heteroatoms. The Hall–Kier alpha value is -1.81. The Morgan fingerprint density at radius 2 is 1.95 bits per heavy atom. The van der Waals surface area contributed by atoms with Gasteiger partial charge in [0.1, 0.15) is 0 Å². The third kappa shape index (κ3) is 2.56. The lowest BCUT2D eigenvalue weighted by Crippen LogP contribution is -2.39. The molecule has 3 rings (SSSR count). The van der Waals surface area contributed by atoms with Gasteiger partial charge in [0, 0.05) is 30.8 Å². The molecule has 1 fully saturated rings. The molecule has 2 heterocycles. The lowest BCUT2D eigenvalue weighted by atomic mass is 10.0. The lowest BCUT2D eigenvalue weighted by molar-refractivity contribution is 0.498. The van der Waals surface area contributed by atoms with Crippen molar-refractivity contribution in [1.82, 2.24) is 10.2 Å². The number of aromatic amines is 1. The molecule has 4 nitrogen and oxygen atoms in total. The summed E-state index contributed by atoms with van der Waals surface area (Å²) in [6.45, 7) is 6.26. The molecular formula is C16H22N4. The fourth-order valence-corrected chi connectivity index (χ4v) is 2.86. The predicted octanol–water partition coefficient (Wildman–Crippen LogP) is 2.62. The van der Waals surface area contributed by atoms with Gasteiger partial charge in [-0.2, -0.15) is 5.10 Å². The van der Waals surface area contributed by atoms with Crippen LogP contribution in [0.4, 0.5) is 5.82 Å². The van der Waals surface area contributed by atoms with Gasteiger partial charge in [-0.15, -0.1) is 0 Å². The summed E-state index contributed by atoms with van der Waals surface area (Å²) < 4.78 is 0. The lowest BCUT2D eigenvalue weighted by Gasteiger charge is -2.29. The smallest absolute Gasteiger partial charge is 0.150 e. The largest absolute Gasteiger partial charge is 0.355 e. The number of nitrogens with two attached hydrogens (primary N) is 1. The van der Waals surface area contributed by atoms with E-state index < -0.39 is 0 Å². The van der Waals surface area contributed by atoms with Crippen molar-refractivity contribution in [2.24, 2.45) is 5.73 Å². The van der Waals surface area contributed by atoms with Gasteiger partial charge < -0.3 is 10.6 Å². The number of aryl methyl sites for hydroxylation is 2. The topological polar surface area (TPSA) is 57.9 Å². The molecule has 1 saturated heterocycles. The molecule has 0 atom stereocenters. The van der Waals surface area contributed by atoms with Crippen LogP contribution in [-0.4, -0.2) is 29.3 Å². The van der Waals surface area contributed by atoms with E-state index in [1.54, 1.807) is 0 Å². The molecule has 106 valence electrons. The molecule has 0 spiro atoms. The van der Waals surface area contributed by atoms with Crippen LogP contribution in [0.1, 0.15) is 24.0 Å². The van der Waals surface area contributed by atoms with E-state index in [2.05, 4.69) is 53.2 Å². The molecule has 0 aliphatic carbocycles. The van der Waals surface area contributed by atoms with Crippen LogP contribution in [0.15, 0.2) is 24.3 Å². The minimum atomic E-state index is 0.351. The molecule has 0 saturated carbocycles. The Labute approximate surface area is 120 Å². The Kier molecular flexibility index (Phi) is 3.49. The van der Waals surface area contributed by atoms with Gasteiger partial charge in [0.15, 0.2) is 5.82 Å². The first kappa shape index (κ1) is 13.2.